The van der Waals surface area contributed by atoms with Gasteiger partial charge in [-0.1, -0.05) is 35.9 Å². The quantitative estimate of drug-likeness (QED) is 0.303. The van der Waals surface area contributed by atoms with Crippen molar-refractivity contribution in [2.24, 2.45) is 10.7 Å². The van der Waals surface area contributed by atoms with Crippen molar-refractivity contribution in [2.45, 2.75) is 19.8 Å². The molecule has 0 aliphatic heterocycles. The van der Waals surface area contributed by atoms with Crippen molar-refractivity contribution in [3.63, 3.8) is 0 Å². The third-order valence-electron chi connectivity index (χ3n) is 3.17. The van der Waals surface area contributed by atoms with Crippen LogP contribution < -0.4 is 15.8 Å². The fraction of sp³-hybridized carbons (Fsp3) is 0.278. The summed E-state index contributed by atoms with van der Waals surface area (Å²) < 4.78 is 5.67. The molecule has 0 aromatic heterocycles. The third-order valence-corrected chi connectivity index (χ3v) is 3.17. The minimum Gasteiger partial charge on any atom is -0.494 e. The maximum absolute atomic E-state index is 5.83. The van der Waals surface area contributed by atoms with Crippen LogP contribution in [0.15, 0.2) is 59.6 Å². The molecule has 124 valence electrons. The average Bonchev–Trinajstić information content (AvgIpc) is 2.53. The number of anilines is 1. The van der Waals surface area contributed by atoms with Crippen LogP contribution in [0, 0.1) is 6.92 Å². The molecule has 0 amide bonds. The van der Waals surface area contributed by atoms with E-state index < -0.39 is 0 Å². The van der Waals surface area contributed by atoms with Gasteiger partial charge in [-0.25, -0.2) is 0 Å². The number of nitrogens with one attached hydrogen (secondary N) is 1. The van der Waals surface area contributed by atoms with Gasteiger partial charge in [-0.15, -0.1) is 24.0 Å². The molecule has 0 saturated carbocycles. The summed E-state index contributed by atoms with van der Waals surface area (Å²) in [6.45, 7) is 3.46. The molecule has 2 aromatic rings. The van der Waals surface area contributed by atoms with Crippen LogP contribution in [-0.2, 0) is 0 Å². The molecule has 0 spiro atoms. The number of guanidine groups is 1. The van der Waals surface area contributed by atoms with Gasteiger partial charge in [-0.05, 0) is 44.0 Å². The van der Waals surface area contributed by atoms with Gasteiger partial charge in [-0.3, -0.25) is 4.99 Å². The van der Waals surface area contributed by atoms with Crippen LogP contribution in [0.2, 0.25) is 0 Å². The van der Waals surface area contributed by atoms with Crippen molar-refractivity contribution in [3.05, 3.63) is 60.2 Å². The molecule has 0 unspecified atom stereocenters. The number of para-hydroxylation sites is 1. The number of nitrogens with two attached hydrogens (primary N) is 1. The van der Waals surface area contributed by atoms with Gasteiger partial charge in [0.2, 0.25) is 0 Å². The summed E-state index contributed by atoms with van der Waals surface area (Å²) >= 11 is 0. The molecule has 23 heavy (non-hydrogen) atoms. The lowest BCUT2D eigenvalue weighted by atomic mass is 10.2. The largest absolute Gasteiger partial charge is 0.494 e. The summed E-state index contributed by atoms with van der Waals surface area (Å²) in [6, 6.07) is 17.9. The summed E-state index contributed by atoms with van der Waals surface area (Å²) in [5.74, 6) is 1.37. The van der Waals surface area contributed by atoms with E-state index >= 15 is 0 Å². The predicted octanol–water partition coefficient (Wildman–Crippen LogP) is 4.20. The van der Waals surface area contributed by atoms with E-state index in [2.05, 4.69) is 29.4 Å². The molecule has 0 aliphatic rings. The molecule has 4 nitrogen and oxygen atoms in total. The number of benzene rings is 2. The Morgan fingerprint density at radius 3 is 2.43 bits per heavy atom. The van der Waals surface area contributed by atoms with E-state index in [1.807, 2.05) is 42.5 Å². The first-order valence-electron chi connectivity index (χ1n) is 7.55. The van der Waals surface area contributed by atoms with Gasteiger partial charge in [-0.2, -0.15) is 0 Å². The number of nitrogens with zero attached hydrogens (tertiary/aromatic N) is 1. The lowest BCUT2D eigenvalue weighted by molar-refractivity contribution is 0.308. The first-order chi connectivity index (χ1) is 10.7. The van der Waals surface area contributed by atoms with Gasteiger partial charge in [0.1, 0.15) is 5.75 Å². The van der Waals surface area contributed by atoms with Crippen molar-refractivity contribution in [1.82, 2.24) is 0 Å². The fourth-order valence-electron chi connectivity index (χ4n) is 1.95. The van der Waals surface area contributed by atoms with Crippen LogP contribution in [-0.4, -0.2) is 19.1 Å². The lowest BCUT2D eigenvalue weighted by Gasteiger charge is -2.06. The summed E-state index contributed by atoms with van der Waals surface area (Å²) in [4.78, 5) is 4.30. The highest BCUT2D eigenvalue weighted by molar-refractivity contribution is 14.0. The molecular weight excluding hydrogens is 401 g/mol. The second-order valence-electron chi connectivity index (χ2n) is 5.13. The lowest BCUT2D eigenvalue weighted by Crippen LogP contribution is -2.22. The Hall–Kier alpha value is -1.76. The molecule has 0 radical (unpaired) electrons. The topological polar surface area (TPSA) is 59.6 Å². The number of hydrogen-bond donors (Lipinski definition) is 2. The molecule has 2 rings (SSSR count). The highest BCUT2D eigenvalue weighted by atomic mass is 127. The first kappa shape index (κ1) is 19.3. The zero-order valence-corrected chi connectivity index (χ0v) is 15.7. The molecule has 0 aliphatic carbocycles. The second kappa shape index (κ2) is 10.9. The Morgan fingerprint density at radius 2 is 1.74 bits per heavy atom. The van der Waals surface area contributed by atoms with Crippen LogP contribution in [0.3, 0.4) is 0 Å². The van der Waals surface area contributed by atoms with E-state index in [0.29, 0.717) is 19.1 Å². The highest BCUT2D eigenvalue weighted by Crippen LogP contribution is 2.11. The Morgan fingerprint density at radius 1 is 1.04 bits per heavy atom. The molecule has 0 bridgehead atoms. The van der Waals surface area contributed by atoms with E-state index in [4.69, 9.17) is 10.5 Å². The molecule has 5 heteroatoms. The van der Waals surface area contributed by atoms with Crippen molar-refractivity contribution < 1.29 is 4.74 Å². The van der Waals surface area contributed by atoms with Gasteiger partial charge in [0, 0.05) is 12.2 Å². The molecule has 0 saturated heterocycles. The second-order valence-corrected chi connectivity index (χ2v) is 5.13. The maximum Gasteiger partial charge on any atom is 0.193 e. The predicted molar refractivity (Wildman–Crippen MR) is 108 cm³/mol. The maximum atomic E-state index is 5.83. The van der Waals surface area contributed by atoms with Gasteiger partial charge in [0.15, 0.2) is 5.96 Å². The standard InChI is InChI=1S/C18H23N3O.HI/c1-15-9-11-17(12-10-15)22-14-6-5-13-20-18(19)21-16-7-3-2-4-8-16;/h2-4,7-12H,5-6,13-14H2,1H3,(H3,19,20,21);1H. The number of aliphatic imine (C=N–C) groups is 1. The minimum absolute atomic E-state index is 0. The van der Waals surface area contributed by atoms with E-state index in [0.717, 1.165) is 24.3 Å². The van der Waals surface area contributed by atoms with E-state index in [1.165, 1.54) is 5.56 Å². The summed E-state index contributed by atoms with van der Waals surface area (Å²) in [5, 5.41) is 3.06. The van der Waals surface area contributed by atoms with Crippen LogP contribution in [0.4, 0.5) is 5.69 Å². The molecule has 3 N–H and O–H groups in total. The minimum atomic E-state index is 0. The molecule has 0 heterocycles. The first-order valence-corrected chi connectivity index (χ1v) is 7.55. The van der Waals surface area contributed by atoms with Crippen molar-refractivity contribution >= 4 is 35.6 Å². The van der Waals surface area contributed by atoms with Crippen LogP contribution in [0.5, 0.6) is 5.75 Å². The molecular formula is C18H24IN3O. The number of hydrogen-bond acceptors (Lipinski definition) is 2. The summed E-state index contributed by atoms with van der Waals surface area (Å²) in [6.07, 6.45) is 1.90. The Kier molecular flexibility index (Phi) is 9.12. The van der Waals surface area contributed by atoms with Gasteiger partial charge in [0.25, 0.3) is 0 Å². The van der Waals surface area contributed by atoms with Crippen molar-refractivity contribution in [3.8, 4) is 5.75 Å². The third kappa shape index (κ3) is 7.88. The summed E-state index contributed by atoms with van der Waals surface area (Å²) in [7, 11) is 0. The Balaban J connectivity index is 0.00000264. The van der Waals surface area contributed by atoms with Crippen LogP contribution in [0.1, 0.15) is 18.4 Å². The zero-order chi connectivity index (χ0) is 15.6. The van der Waals surface area contributed by atoms with E-state index in [9.17, 15) is 0 Å². The number of unbranched alkanes of at least 4 members (excludes halogenated alkanes) is 1. The van der Waals surface area contributed by atoms with Gasteiger partial charge >= 0.3 is 0 Å². The zero-order valence-electron chi connectivity index (χ0n) is 13.4. The van der Waals surface area contributed by atoms with E-state index in [1.54, 1.807) is 0 Å². The fourth-order valence-corrected chi connectivity index (χ4v) is 1.95. The smallest absolute Gasteiger partial charge is 0.193 e. The van der Waals surface area contributed by atoms with Crippen molar-refractivity contribution in [1.29, 1.82) is 0 Å². The Labute approximate surface area is 155 Å². The van der Waals surface area contributed by atoms with E-state index in [-0.39, 0.29) is 24.0 Å². The number of halogens is 1. The number of rotatable bonds is 7. The SMILES string of the molecule is Cc1ccc(OCCCCN=C(N)Nc2ccccc2)cc1.I. The highest BCUT2D eigenvalue weighted by Gasteiger charge is 1.95. The monoisotopic (exact) mass is 425 g/mol. The summed E-state index contributed by atoms with van der Waals surface area (Å²) in [5.41, 5.74) is 8.02. The van der Waals surface area contributed by atoms with Crippen LogP contribution >= 0.6 is 24.0 Å². The molecule has 0 atom stereocenters. The van der Waals surface area contributed by atoms with Gasteiger partial charge < -0.3 is 15.8 Å². The molecule has 2 aromatic carbocycles. The molecule has 0 fully saturated rings. The number of ether oxygens (including phenoxy) is 1. The number of aryl methyl sites for hydroxylation is 1. The average molecular weight is 425 g/mol. The normalized spacial score (nSPS) is 10.7. The van der Waals surface area contributed by atoms with Crippen LogP contribution in [0.25, 0.3) is 0 Å². The van der Waals surface area contributed by atoms with Crippen molar-refractivity contribution in [2.75, 3.05) is 18.5 Å². The van der Waals surface area contributed by atoms with Gasteiger partial charge in [0.05, 0.1) is 6.61 Å². The Bertz CT molecular complexity index is 585.